The molecule has 1 fully saturated rings. The van der Waals surface area contributed by atoms with Crippen LogP contribution >= 0.6 is 0 Å². The zero-order valence-electron chi connectivity index (χ0n) is 13.4. The molecule has 1 aromatic carbocycles. The minimum absolute atomic E-state index is 0.0785. The van der Waals surface area contributed by atoms with Crippen molar-refractivity contribution < 1.29 is 14.6 Å². The Kier molecular flexibility index (Phi) is 5.08. The lowest BCUT2D eigenvalue weighted by atomic mass is 10.1. The predicted octanol–water partition coefficient (Wildman–Crippen LogP) is 3.01. The van der Waals surface area contributed by atoms with E-state index >= 15 is 0 Å². The third-order valence-corrected chi connectivity index (χ3v) is 4.10. The first-order valence-corrected chi connectivity index (χ1v) is 8.08. The predicted molar refractivity (Wildman–Crippen MR) is 87.7 cm³/mol. The summed E-state index contributed by atoms with van der Waals surface area (Å²) in [4.78, 5) is 8.82. The molecule has 0 radical (unpaired) electrons. The Morgan fingerprint density at radius 3 is 2.74 bits per heavy atom. The quantitative estimate of drug-likeness (QED) is 0.888. The molecule has 5 nitrogen and oxygen atoms in total. The first-order chi connectivity index (χ1) is 11.3. The molecule has 1 aromatic heterocycles. The van der Waals surface area contributed by atoms with Crippen LogP contribution in [0, 0.1) is 0 Å². The minimum Gasteiger partial charge on any atom is -0.493 e. The zero-order valence-corrected chi connectivity index (χ0v) is 13.4. The van der Waals surface area contributed by atoms with Gasteiger partial charge in [0, 0.05) is 30.5 Å². The Morgan fingerprint density at radius 2 is 2.00 bits per heavy atom. The fraction of sp³-hybridized carbons (Fsp3) is 0.444. The van der Waals surface area contributed by atoms with Crippen molar-refractivity contribution in [1.82, 2.24) is 9.97 Å². The fourth-order valence-corrected chi connectivity index (χ4v) is 2.88. The molecule has 1 saturated carbocycles. The summed E-state index contributed by atoms with van der Waals surface area (Å²) in [6, 6.07) is 7.58. The summed E-state index contributed by atoms with van der Waals surface area (Å²) in [6.07, 6.45) is 7.14. The SMILES string of the molecule is COc1ccc(-c2nccc(CCO)n2)cc1OC1CCCC1. The highest BCUT2D eigenvalue weighted by molar-refractivity contribution is 5.61. The number of benzene rings is 1. The number of methoxy groups -OCH3 is 1. The van der Waals surface area contributed by atoms with Gasteiger partial charge in [0.15, 0.2) is 17.3 Å². The van der Waals surface area contributed by atoms with Crippen molar-refractivity contribution in [2.24, 2.45) is 0 Å². The number of ether oxygens (including phenoxy) is 2. The van der Waals surface area contributed by atoms with E-state index in [0.717, 1.165) is 35.6 Å². The highest BCUT2D eigenvalue weighted by Gasteiger charge is 2.19. The van der Waals surface area contributed by atoms with Crippen molar-refractivity contribution in [1.29, 1.82) is 0 Å². The standard InChI is InChI=1S/C18H22N2O3/c1-22-16-7-6-13(12-17(16)23-15-4-2-3-5-15)18-19-10-8-14(20-18)9-11-21/h6-8,10,12,15,21H,2-5,9,11H2,1H3. The molecule has 1 aliphatic carbocycles. The van der Waals surface area contributed by atoms with E-state index in [9.17, 15) is 0 Å². The van der Waals surface area contributed by atoms with Gasteiger partial charge in [0.2, 0.25) is 0 Å². The number of aliphatic hydroxyl groups excluding tert-OH is 1. The Balaban J connectivity index is 1.88. The zero-order chi connectivity index (χ0) is 16.1. The summed E-state index contributed by atoms with van der Waals surface area (Å²) in [7, 11) is 1.65. The fourth-order valence-electron chi connectivity index (χ4n) is 2.88. The average molecular weight is 314 g/mol. The number of hydrogen-bond donors (Lipinski definition) is 1. The van der Waals surface area contributed by atoms with E-state index in [1.54, 1.807) is 13.3 Å². The number of rotatable bonds is 6. The van der Waals surface area contributed by atoms with Gasteiger partial charge < -0.3 is 14.6 Å². The molecule has 0 saturated heterocycles. The van der Waals surface area contributed by atoms with E-state index in [4.69, 9.17) is 14.6 Å². The molecule has 0 atom stereocenters. The molecule has 1 heterocycles. The topological polar surface area (TPSA) is 64.5 Å². The van der Waals surface area contributed by atoms with Gasteiger partial charge in [-0.15, -0.1) is 0 Å². The maximum atomic E-state index is 9.06. The van der Waals surface area contributed by atoms with E-state index < -0.39 is 0 Å². The molecule has 3 rings (SSSR count). The third kappa shape index (κ3) is 3.79. The normalized spacial score (nSPS) is 14.9. The van der Waals surface area contributed by atoms with Crippen LogP contribution in [-0.4, -0.2) is 34.9 Å². The molecule has 1 aliphatic rings. The largest absolute Gasteiger partial charge is 0.493 e. The molecule has 0 aliphatic heterocycles. The summed E-state index contributed by atoms with van der Waals surface area (Å²) in [5.41, 5.74) is 1.71. The van der Waals surface area contributed by atoms with Gasteiger partial charge in [-0.3, -0.25) is 0 Å². The van der Waals surface area contributed by atoms with Crippen LogP contribution in [0.25, 0.3) is 11.4 Å². The van der Waals surface area contributed by atoms with Gasteiger partial charge in [0.25, 0.3) is 0 Å². The molecule has 0 amide bonds. The van der Waals surface area contributed by atoms with Crippen molar-refractivity contribution in [2.45, 2.75) is 38.2 Å². The molecule has 23 heavy (non-hydrogen) atoms. The smallest absolute Gasteiger partial charge is 0.162 e. The van der Waals surface area contributed by atoms with Gasteiger partial charge >= 0.3 is 0 Å². The number of aliphatic hydroxyl groups is 1. The number of hydrogen-bond acceptors (Lipinski definition) is 5. The van der Waals surface area contributed by atoms with Crippen LogP contribution in [-0.2, 0) is 6.42 Å². The maximum absolute atomic E-state index is 9.06. The Bertz CT molecular complexity index is 654. The monoisotopic (exact) mass is 314 g/mol. The summed E-state index contributed by atoms with van der Waals surface area (Å²) in [6.45, 7) is 0.0785. The van der Waals surface area contributed by atoms with Gasteiger partial charge in [-0.2, -0.15) is 0 Å². The van der Waals surface area contributed by atoms with Crippen molar-refractivity contribution in [3.63, 3.8) is 0 Å². The molecular formula is C18H22N2O3. The van der Waals surface area contributed by atoms with E-state index in [2.05, 4.69) is 9.97 Å². The van der Waals surface area contributed by atoms with Crippen LogP contribution in [0.15, 0.2) is 30.5 Å². The van der Waals surface area contributed by atoms with Crippen molar-refractivity contribution in [3.8, 4) is 22.9 Å². The molecule has 2 aromatic rings. The molecule has 1 N–H and O–H groups in total. The highest BCUT2D eigenvalue weighted by atomic mass is 16.5. The molecule has 122 valence electrons. The second-order valence-corrected chi connectivity index (χ2v) is 5.74. The molecule has 0 spiro atoms. The van der Waals surface area contributed by atoms with E-state index in [-0.39, 0.29) is 12.7 Å². The van der Waals surface area contributed by atoms with Crippen molar-refractivity contribution in [2.75, 3.05) is 13.7 Å². The van der Waals surface area contributed by atoms with E-state index in [0.29, 0.717) is 12.2 Å². The van der Waals surface area contributed by atoms with Gasteiger partial charge in [0.1, 0.15) is 0 Å². The van der Waals surface area contributed by atoms with Crippen molar-refractivity contribution >= 4 is 0 Å². The van der Waals surface area contributed by atoms with Crippen LogP contribution in [0.4, 0.5) is 0 Å². The number of aromatic nitrogens is 2. The molecule has 5 heteroatoms. The van der Waals surface area contributed by atoms with Crippen molar-refractivity contribution in [3.05, 3.63) is 36.2 Å². The summed E-state index contributed by atoms with van der Waals surface area (Å²) < 4.78 is 11.5. The van der Waals surface area contributed by atoms with E-state index in [1.807, 2.05) is 24.3 Å². The minimum atomic E-state index is 0.0785. The average Bonchev–Trinajstić information content (AvgIpc) is 3.08. The first kappa shape index (κ1) is 15.7. The Hall–Kier alpha value is -2.14. The Labute approximate surface area is 136 Å². The highest BCUT2D eigenvalue weighted by Crippen LogP contribution is 2.34. The van der Waals surface area contributed by atoms with Crippen LogP contribution in [0.1, 0.15) is 31.4 Å². The lowest BCUT2D eigenvalue weighted by molar-refractivity contribution is 0.201. The van der Waals surface area contributed by atoms with Gasteiger partial charge in [-0.1, -0.05) is 0 Å². The first-order valence-electron chi connectivity index (χ1n) is 8.08. The maximum Gasteiger partial charge on any atom is 0.162 e. The van der Waals surface area contributed by atoms with Gasteiger partial charge in [0.05, 0.1) is 13.2 Å². The van der Waals surface area contributed by atoms with Crippen LogP contribution in [0.3, 0.4) is 0 Å². The molecule has 0 unspecified atom stereocenters. The van der Waals surface area contributed by atoms with Crippen LogP contribution in [0.2, 0.25) is 0 Å². The van der Waals surface area contributed by atoms with Crippen LogP contribution < -0.4 is 9.47 Å². The lowest BCUT2D eigenvalue weighted by Gasteiger charge is -2.16. The summed E-state index contributed by atoms with van der Waals surface area (Å²) >= 11 is 0. The lowest BCUT2D eigenvalue weighted by Crippen LogP contribution is -2.11. The van der Waals surface area contributed by atoms with Gasteiger partial charge in [-0.25, -0.2) is 9.97 Å². The summed E-state index contributed by atoms with van der Waals surface area (Å²) in [5.74, 6) is 2.11. The van der Waals surface area contributed by atoms with Crippen LogP contribution in [0.5, 0.6) is 11.5 Å². The molecular weight excluding hydrogens is 292 g/mol. The third-order valence-electron chi connectivity index (χ3n) is 4.10. The molecule has 0 bridgehead atoms. The van der Waals surface area contributed by atoms with Gasteiger partial charge in [-0.05, 0) is 49.9 Å². The second-order valence-electron chi connectivity index (χ2n) is 5.74. The number of nitrogens with zero attached hydrogens (tertiary/aromatic N) is 2. The Morgan fingerprint density at radius 1 is 1.17 bits per heavy atom. The second kappa shape index (κ2) is 7.42. The summed E-state index contributed by atoms with van der Waals surface area (Å²) in [5, 5.41) is 9.06. The van der Waals surface area contributed by atoms with E-state index in [1.165, 1.54) is 12.8 Å².